The Morgan fingerprint density at radius 1 is 1.60 bits per heavy atom. The molecule has 1 atom stereocenters. The van der Waals surface area contributed by atoms with E-state index in [-0.39, 0.29) is 18.4 Å². The van der Waals surface area contributed by atoms with Crippen molar-refractivity contribution in [2.45, 2.75) is 6.04 Å². The van der Waals surface area contributed by atoms with Gasteiger partial charge in [0.1, 0.15) is 6.04 Å². The van der Waals surface area contributed by atoms with Gasteiger partial charge >= 0.3 is 0 Å². The van der Waals surface area contributed by atoms with Crippen LogP contribution in [0.5, 0.6) is 0 Å². The fraction of sp³-hybridized carbons (Fsp3) is 0.583. The van der Waals surface area contributed by atoms with Gasteiger partial charge in [0.15, 0.2) is 0 Å². The number of carbonyl (C=O) groups excluding carboxylic acids is 2. The van der Waals surface area contributed by atoms with Crippen molar-refractivity contribution in [3.63, 3.8) is 0 Å². The second-order valence-electron chi connectivity index (χ2n) is 4.46. The van der Waals surface area contributed by atoms with Gasteiger partial charge in [-0.1, -0.05) is 0 Å². The molecule has 0 spiro atoms. The molecule has 0 aliphatic carbocycles. The molecule has 0 bridgehead atoms. The van der Waals surface area contributed by atoms with E-state index in [9.17, 15) is 9.59 Å². The van der Waals surface area contributed by atoms with E-state index < -0.39 is 6.04 Å². The van der Waals surface area contributed by atoms with Gasteiger partial charge in [0.25, 0.3) is 0 Å². The third-order valence-corrected chi connectivity index (χ3v) is 2.74. The average molecular weight is 283 g/mol. The zero-order chi connectivity index (χ0) is 15.1. The van der Waals surface area contributed by atoms with Crippen molar-refractivity contribution in [2.24, 2.45) is 12.8 Å². The van der Waals surface area contributed by atoms with Crippen LogP contribution in [-0.2, 0) is 21.4 Å². The largest absolute Gasteiger partial charge is 0.383 e. The molecule has 20 heavy (non-hydrogen) atoms. The van der Waals surface area contributed by atoms with Crippen molar-refractivity contribution >= 4 is 11.8 Å². The molecule has 0 fully saturated rings. The number of aryl methyl sites for hydroxylation is 1. The third kappa shape index (κ3) is 4.63. The van der Waals surface area contributed by atoms with Gasteiger partial charge in [-0.3, -0.25) is 14.3 Å². The Kier molecular flexibility index (Phi) is 6.13. The molecule has 0 radical (unpaired) electrons. The minimum Gasteiger partial charge on any atom is -0.383 e. The van der Waals surface area contributed by atoms with E-state index in [0.717, 1.165) is 0 Å². The predicted octanol–water partition coefficient (Wildman–Crippen LogP) is -1.36. The van der Waals surface area contributed by atoms with Crippen LogP contribution in [0.2, 0.25) is 0 Å². The Hall–Kier alpha value is -1.93. The van der Waals surface area contributed by atoms with Crippen LogP contribution in [0, 0.1) is 0 Å². The molecule has 0 aliphatic heterocycles. The number of nitrogens with two attached hydrogens (primary N) is 1. The summed E-state index contributed by atoms with van der Waals surface area (Å²) in [4.78, 5) is 24.9. The molecular formula is C12H21N5O3. The Balaban J connectivity index is 2.48. The second-order valence-corrected chi connectivity index (χ2v) is 4.46. The lowest BCUT2D eigenvalue weighted by atomic mass is 10.1. The summed E-state index contributed by atoms with van der Waals surface area (Å²) in [7, 11) is 4.83. The summed E-state index contributed by atoms with van der Waals surface area (Å²) < 4.78 is 6.39. The lowest BCUT2D eigenvalue weighted by molar-refractivity contribution is -0.135. The molecule has 8 nitrogen and oxygen atoms in total. The van der Waals surface area contributed by atoms with E-state index >= 15 is 0 Å². The molecule has 1 rings (SSSR count). The maximum absolute atomic E-state index is 12.1. The molecule has 1 aromatic rings. The topological polar surface area (TPSA) is 102 Å². The fourth-order valence-electron chi connectivity index (χ4n) is 1.62. The summed E-state index contributed by atoms with van der Waals surface area (Å²) in [6.45, 7) is 0.793. The molecule has 1 aromatic heterocycles. The van der Waals surface area contributed by atoms with Gasteiger partial charge in [0.2, 0.25) is 11.8 Å². The maximum atomic E-state index is 12.1. The van der Waals surface area contributed by atoms with E-state index in [4.69, 9.17) is 10.5 Å². The molecule has 1 heterocycles. The molecule has 3 N–H and O–H groups in total. The van der Waals surface area contributed by atoms with Crippen LogP contribution >= 0.6 is 0 Å². The number of rotatable bonds is 7. The van der Waals surface area contributed by atoms with Gasteiger partial charge in [-0.25, -0.2) is 0 Å². The number of carbonyl (C=O) groups is 2. The standard InChI is InChI=1S/C12H21N5O3/c1-16(8-10(18)14-4-5-20-3)12(19)11(13)9-6-15-17(2)7-9/h6-7,11H,4-5,8,13H2,1-3H3,(H,14,18). The average Bonchev–Trinajstić information content (AvgIpc) is 2.84. The summed E-state index contributed by atoms with van der Waals surface area (Å²) in [5.41, 5.74) is 6.47. The Labute approximate surface area is 117 Å². The van der Waals surface area contributed by atoms with Crippen LogP contribution < -0.4 is 11.1 Å². The quantitative estimate of drug-likeness (QED) is 0.602. The molecule has 0 aliphatic rings. The van der Waals surface area contributed by atoms with Gasteiger partial charge < -0.3 is 20.7 Å². The van der Waals surface area contributed by atoms with Gasteiger partial charge in [0, 0.05) is 39.5 Å². The van der Waals surface area contributed by atoms with Crippen LogP contribution in [-0.4, -0.2) is 60.3 Å². The Morgan fingerprint density at radius 2 is 2.30 bits per heavy atom. The molecule has 2 amide bonds. The maximum Gasteiger partial charge on any atom is 0.244 e. The number of amides is 2. The van der Waals surface area contributed by atoms with Gasteiger partial charge in [0.05, 0.1) is 19.3 Å². The van der Waals surface area contributed by atoms with Crippen molar-refractivity contribution in [3.05, 3.63) is 18.0 Å². The number of aromatic nitrogens is 2. The van der Waals surface area contributed by atoms with Gasteiger partial charge in [-0.2, -0.15) is 5.10 Å². The molecule has 0 saturated carbocycles. The molecule has 112 valence electrons. The van der Waals surface area contributed by atoms with Crippen molar-refractivity contribution in [3.8, 4) is 0 Å². The number of likely N-dealkylation sites (N-methyl/N-ethyl adjacent to an activating group) is 1. The zero-order valence-corrected chi connectivity index (χ0v) is 12.0. The van der Waals surface area contributed by atoms with Gasteiger partial charge in [-0.05, 0) is 0 Å². The first-order chi connectivity index (χ1) is 9.45. The fourth-order valence-corrected chi connectivity index (χ4v) is 1.62. The SMILES string of the molecule is COCCNC(=O)CN(C)C(=O)C(N)c1cnn(C)c1. The number of methoxy groups -OCH3 is 1. The van der Waals surface area contributed by atoms with E-state index in [1.807, 2.05) is 0 Å². The van der Waals surface area contributed by atoms with Crippen molar-refractivity contribution in [1.82, 2.24) is 20.0 Å². The minimum atomic E-state index is -0.819. The monoisotopic (exact) mass is 283 g/mol. The number of hydrogen-bond donors (Lipinski definition) is 2. The van der Waals surface area contributed by atoms with E-state index in [2.05, 4.69) is 10.4 Å². The van der Waals surface area contributed by atoms with Crippen LogP contribution in [0.4, 0.5) is 0 Å². The number of nitrogens with zero attached hydrogens (tertiary/aromatic N) is 3. The number of ether oxygens (including phenoxy) is 1. The number of nitrogens with one attached hydrogen (secondary N) is 1. The van der Waals surface area contributed by atoms with Crippen LogP contribution in [0.1, 0.15) is 11.6 Å². The highest BCUT2D eigenvalue weighted by molar-refractivity contribution is 5.87. The van der Waals surface area contributed by atoms with Crippen molar-refractivity contribution in [2.75, 3.05) is 33.9 Å². The van der Waals surface area contributed by atoms with Crippen molar-refractivity contribution < 1.29 is 14.3 Å². The van der Waals surface area contributed by atoms with E-state index in [1.54, 1.807) is 25.0 Å². The smallest absolute Gasteiger partial charge is 0.244 e. The van der Waals surface area contributed by atoms with E-state index in [1.165, 1.54) is 18.1 Å². The lowest BCUT2D eigenvalue weighted by Gasteiger charge is -2.20. The highest BCUT2D eigenvalue weighted by Crippen LogP contribution is 2.10. The Bertz CT molecular complexity index is 460. The highest BCUT2D eigenvalue weighted by atomic mass is 16.5. The molecule has 0 aromatic carbocycles. The molecular weight excluding hydrogens is 262 g/mol. The predicted molar refractivity (Wildman–Crippen MR) is 72.7 cm³/mol. The van der Waals surface area contributed by atoms with E-state index in [0.29, 0.717) is 18.7 Å². The molecule has 0 saturated heterocycles. The van der Waals surface area contributed by atoms with Gasteiger partial charge in [-0.15, -0.1) is 0 Å². The molecule has 1 unspecified atom stereocenters. The highest BCUT2D eigenvalue weighted by Gasteiger charge is 2.22. The first kappa shape index (κ1) is 16.1. The summed E-state index contributed by atoms with van der Waals surface area (Å²) in [6.07, 6.45) is 3.21. The minimum absolute atomic E-state index is 0.0451. The summed E-state index contributed by atoms with van der Waals surface area (Å²) in [5.74, 6) is -0.587. The third-order valence-electron chi connectivity index (χ3n) is 2.74. The number of hydrogen-bond acceptors (Lipinski definition) is 5. The van der Waals surface area contributed by atoms with Crippen LogP contribution in [0.25, 0.3) is 0 Å². The second kappa shape index (κ2) is 7.61. The normalized spacial score (nSPS) is 12.0. The lowest BCUT2D eigenvalue weighted by Crippen LogP contribution is -2.42. The van der Waals surface area contributed by atoms with Crippen molar-refractivity contribution in [1.29, 1.82) is 0 Å². The van der Waals surface area contributed by atoms with Crippen LogP contribution in [0.3, 0.4) is 0 Å². The summed E-state index contributed by atoms with van der Waals surface area (Å²) in [5, 5.41) is 6.60. The first-order valence-electron chi connectivity index (χ1n) is 6.20. The zero-order valence-electron chi connectivity index (χ0n) is 12.0. The first-order valence-corrected chi connectivity index (χ1v) is 6.20. The summed E-state index contributed by atoms with van der Waals surface area (Å²) >= 11 is 0. The molecule has 8 heteroatoms. The Morgan fingerprint density at radius 3 is 2.85 bits per heavy atom. The summed E-state index contributed by atoms with van der Waals surface area (Å²) in [6, 6.07) is -0.819. The van der Waals surface area contributed by atoms with Crippen LogP contribution in [0.15, 0.2) is 12.4 Å².